The first-order valence-corrected chi connectivity index (χ1v) is 9.63. The summed E-state index contributed by atoms with van der Waals surface area (Å²) in [6, 6.07) is 7.59. The number of benzene rings is 1. The van der Waals surface area contributed by atoms with Crippen LogP contribution in [0.2, 0.25) is 0 Å². The standard InChI is InChI=1S/C17H25NO3S/c1-16(2,3)14-7-5-13(6-8-14)15(19)18-11-17(9-10-17)12-22(4,20)21/h5-8H,9-12H2,1-4H3,(H,18,19). The summed E-state index contributed by atoms with van der Waals surface area (Å²) in [5.41, 5.74) is 1.61. The number of hydrogen-bond donors (Lipinski definition) is 1. The van der Waals surface area contributed by atoms with Crippen molar-refractivity contribution < 1.29 is 13.2 Å². The highest BCUT2D eigenvalue weighted by atomic mass is 32.2. The van der Waals surface area contributed by atoms with Gasteiger partial charge < -0.3 is 5.32 Å². The molecule has 0 unspecified atom stereocenters. The van der Waals surface area contributed by atoms with Crippen molar-refractivity contribution in [3.8, 4) is 0 Å². The number of nitrogens with one attached hydrogen (secondary N) is 1. The molecule has 0 radical (unpaired) electrons. The third-order valence-electron chi connectivity index (χ3n) is 4.16. The first-order valence-electron chi connectivity index (χ1n) is 7.57. The lowest BCUT2D eigenvalue weighted by Crippen LogP contribution is -2.33. The molecule has 4 nitrogen and oxygen atoms in total. The summed E-state index contributed by atoms with van der Waals surface area (Å²) in [6.45, 7) is 6.82. The lowest BCUT2D eigenvalue weighted by atomic mass is 9.87. The summed E-state index contributed by atoms with van der Waals surface area (Å²) >= 11 is 0. The van der Waals surface area contributed by atoms with Crippen molar-refractivity contribution in [2.45, 2.75) is 39.0 Å². The van der Waals surface area contributed by atoms with Crippen molar-refractivity contribution >= 4 is 15.7 Å². The maximum absolute atomic E-state index is 12.2. The first-order chi connectivity index (χ1) is 10.0. The first kappa shape index (κ1) is 17.0. The van der Waals surface area contributed by atoms with Crippen LogP contribution in [0.1, 0.15) is 49.5 Å². The summed E-state index contributed by atoms with van der Waals surface area (Å²) in [7, 11) is -3.01. The van der Waals surface area contributed by atoms with Crippen LogP contribution >= 0.6 is 0 Å². The Labute approximate surface area is 133 Å². The van der Waals surface area contributed by atoms with E-state index in [4.69, 9.17) is 0 Å². The van der Waals surface area contributed by atoms with Gasteiger partial charge in [-0.15, -0.1) is 0 Å². The molecular weight excluding hydrogens is 298 g/mol. The number of sulfone groups is 1. The van der Waals surface area contributed by atoms with E-state index < -0.39 is 9.84 Å². The van der Waals surface area contributed by atoms with Gasteiger partial charge in [0.05, 0.1) is 5.75 Å². The average Bonchev–Trinajstić information content (AvgIpc) is 3.13. The van der Waals surface area contributed by atoms with Crippen molar-refractivity contribution in [3.63, 3.8) is 0 Å². The largest absolute Gasteiger partial charge is 0.351 e. The van der Waals surface area contributed by atoms with Crippen LogP contribution in [0.5, 0.6) is 0 Å². The van der Waals surface area contributed by atoms with Gasteiger partial charge in [-0.3, -0.25) is 4.79 Å². The zero-order valence-electron chi connectivity index (χ0n) is 13.8. The zero-order chi connectivity index (χ0) is 16.6. The van der Waals surface area contributed by atoms with Crippen LogP contribution in [-0.4, -0.2) is 32.9 Å². The lowest BCUT2D eigenvalue weighted by Gasteiger charge is -2.19. The molecule has 5 heteroatoms. The Morgan fingerprint density at radius 1 is 1.18 bits per heavy atom. The molecule has 1 amide bonds. The molecule has 122 valence electrons. The van der Waals surface area contributed by atoms with E-state index in [1.165, 1.54) is 11.8 Å². The third-order valence-corrected chi connectivity index (χ3v) is 5.30. The van der Waals surface area contributed by atoms with Gasteiger partial charge in [-0.25, -0.2) is 8.42 Å². The molecule has 1 N–H and O–H groups in total. The topological polar surface area (TPSA) is 63.2 Å². The third kappa shape index (κ3) is 4.57. The maximum atomic E-state index is 12.2. The second kappa shape index (κ2) is 5.69. The van der Waals surface area contributed by atoms with Crippen LogP contribution in [0.4, 0.5) is 0 Å². The molecule has 0 saturated heterocycles. The van der Waals surface area contributed by atoms with Gasteiger partial charge in [0.25, 0.3) is 5.91 Å². The van der Waals surface area contributed by atoms with Crippen LogP contribution < -0.4 is 5.32 Å². The molecule has 0 atom stereocenters. The molecule has 1 fully saturated rings. The fourth-order valence-corrected chi connectivity index (χ4v) is 4.10. The van der Waals surface area contributed by atoms with Gasteiger partial charge in [-0.05, 0) is 36.0 Å². The summed E-state index contributed by atoms with van der Waals surface area (Å²) < 4.78 is 22.8. The molecule has 1 aliphatic carbocycles. The monoisotopic (exact) mass is 323 g/mol. The molecule has 0 bridgehead atoms. The highest BCUT2D eigenvalue weighted by Crippen LogP contribution is 2.46. The number of rotatable bonds is 5. The summed E-state index contributed by atoms with van der Waals surface area (Å²) in [5.74, 6) is 0.0173. The van der Waals surface area contributed by atoms with E-state index in [9.17, 15) is 13.2 Å². The number of carbonyl (C=O) groups excluding carboxylic acids is 1. The van der Waals surface area contributed by atoms with Gasteiger partial charge >= 0.3 is 0 Å². The van der Waals surface area contributed by atoms with E-state index in [0.717, 1.165) is 12.8 Å². The van der Waals surface area contributed by atoms with E-state index >= 15 is 0 Å². The fourth-order valence-electron chi connectivity index (χ4n) is 2.60. The van der Waals surface area contributed by atoms with Crippen LogP contribution in [0.15, 0.2) is 24.3 Å². The smallest absolute Gasteiger partial charge is 0.251 e. The van der Waals surface area contributed by atoms with Crippen molar-refractivity contribution in [2.24, 2.45) is 5.41 Å². The molecule has 0 aliphatic heterocycles. The van der Waals surface area contributed by atoms with Crippen molar-refractivity contribution in [1.29, 1.82) is 0 Å². The minimum Gasteiger partial charge on any atom is -0.351 e. The van der Waals surface area contributed by atoms with E-state index in [0.29, 0.717) is 12.1 Å². The predicted molar refractivity (Wildman–Crippen MR) is 88.9 cm³/mol. The molecule has 0 aromatic heterocycles. The second-order valence-electron chi connectivity index (χ2n) is 7.58. The molecule has 22 heavy (non-hydrogen) atoms. The average molecular weight is 323 g/mol. The number of hydrogen-bond acceptors (Lipinski definition) is 3. The Morgan fingerprint density at radius 2 is 1.73 bits per heavy atom. The molecule has 1 aliphatic rings. The van der Waals surface area contributed by atoms with Crippen LogP contribution in [-0.2, 0) is 15.3 Å². The van der Waals surface area contributed by atoms with Gasteiger partial charge in [0.1, 0.15) is 9.84 Å². The minimum atomic E-state index is -3.01. The Balaban J connectivity index is 1.96. The SMILES string of the molecule is CC(C)(C)c1ccc(C(=O)NCC2(CS(C)(=O)=O)CC2)cc1. The number of amides is 1. The molecule has 1 aromatic carbocycles. The quantitative estimate of drug-likeness (QED) is 0.905. The normalized spacial score (nSPS) is 17.1. The Morgan fingerprint density at radius 3 is 2.14 bits per heavy atom. The van der Waals surface area contributed by atoms with Crippen LogP contribution in [0.3, 0.4) is 0 Å². The van der Waals surface area contributed by atoms with E-state index in [-0.39, 0.29) is 22.5 Å². The fraction of sp³-hybridized carbons (Fsp3) is 0.588. The molecular formula is C17H25NO3S. The zero-order valence-corrected chi connectivity index (χ0v) is 14.6. The van der Waals surface area contributed by atoms with Gasteiger partial charge in [0, 0.05) is 23.8 Å². The van der Waals surface area contributed by atoms with Gasteiger partial charge in [-0.2, -0.15) is 0 Å². The number of carbonyl (C=O) groups is 1. The Hall–Kier alpha value is -1.36. The van der Waals surface area contributed by atoms with E-state index in [2.05, 4.69) is 26.1 Å². The summed E-state index contributed by atoms with van der Waals surface area (Å²) in [4.78, 5) is 12.2. The van der Waals surface area contributed by atoms with E-state index in [1.54, 1.807) is 0 Å². The predicted octanol–water partition coefficient (Wildman–Crippen LogP) is 2.54. The second-order valence-corrected chi connectivity index (χ2v) is 9.72. The minimum absolute atomic E-state index is 0.0581. The van der Waals surface area contributed by atoms with Gasteiger partial charge in [0.2, 0.25) is 0 Å². The Bertz CT molecular complexity index is 650. The highest BCUT2D eigenvalue weighted by molar-refractivity contribution is 7.90. The van der Waals surface area contributed by atoms with Gasteiger partial charge in [-0.1, -0.05) is 32.9 Å². The maximum Gasteiger partial charge on any atom is 0.251 e. The molecule has 0 heterocycles. The van der Waals surface area contributed by atoms with Crippen LogP contribution in [0.25, 0.3) is 0 Å². The van der Waals surface area contributed by atoms with Crippen molar-refractivity contribution in [2.75, 3.05) is 18.6 Å². The van der Waals surface area contributed by atoms with Crippen molar-refractivity contribution in [3.05, 3.63) is 35.4 Å². The molecule has 1 aromatic rings. The van der Waals surface area contributed by atoms with Crippen LogP contribution in [0, 0.1) is 5.41 Å². The molecule has 0 spiro atoms. The lowest BCUT2D eigenvalue weighted by molar-refractivity contribution is 0.0946. The van der Waals surface area contributed by atoms with E-state index in [1.807, 2.05) is 24.3 Å². The molecule has 1 saturated carbocycles. The van der Waals surface area contributed by atoms with Gasteiger partial charge in [0.15, 0.2) is 0 Å². The summed E-state index contributed by atoms with van der Waals surface area (Å²) in [6.07, 6.45) is 2.98. The molecule has 2 rings (SSSR count). The van der Waals surface area contributed by atoms with Crippen molar-refractivity contribution in [1.82, 2.24) is 5.32 Å². The highest BCUT2D eigenvalue weighted by Gasteiger charge is 2.45. The summed E-state index contributed by atoms with van der Waals surface area (Å²) in [5, 5.41) is 2.88. The Kier molecular flexibility index (Phi) is 4.39.